The zero-order valence-electron chi connectivity index (χ0n) is 11.8. The smallest absolute Gasteiger partial charge is 0.189 e. The Hall–Kier alpha value is -0.400. The summed E-state index contributed by atoms with van der Waals surface area (Å²) in [6, 6.07) is 0. The van der Waals surface area contributed by atoms with Crippen LogP contribution in [-0.4, -0.2) is 104 Å². The van der Waals surface area contributed by atoms with Crippen molar-refractivity contribution in [2.45, 2.75) is 68.3 Å². The molecule has 7 N–H and O–H groups in total. The first-order chi connectivity index (χ1) is 10.2. The molecule has 10 nitrogen and oxygen atoms in total. The molecule has 10 heteroatoms. The average Bonchev–Trinajstić information content (AvgIpc) is 2.49. The number of aliphatic hydroxyl groups excluding tert-OH is 7. The maximum absolute atomic E-state index is 9.81. The van der Waals surface area contributed by atoms with Crippen molar-refractivity contribution in [1.29, 1.82) is 0 Å². The molecule has 2 saturated heterocycles. The number of rotatable bonds is 3. The first-order valence-electron chi connectivity index (χ1n) is 6.93. The van der Waals surface area contributed by atoms with Crippen molar-refractivity contribution < 1.29 is 50.0 Å². The van der Waals surface area contributed by atoms with Crippen LogP contribution in [0.5, 0.6) is 0 Å². The highest BCUT2D eigenvalue weighted by Gasteiger charge is 2.46. The molecule has 22 heavy (non-hydrogen) atoms. The van der Waals surface area contributed by atoms with Crippen LogP contribution in [0.1, 0.15) is 6.92 Å². The second-order valence-electron chi connectivity index (χ2n) is 5.55. The lowest BCUT2D eigenvalue weighted by atomic mass is 9.96. The molecule has 0 amide bonds. The summed E-state index contributed by atoms with van der Waals surface area (Å²) in [4.78, 5) is 0. The maximum atomic E-state index is 9.81. The number of hydrogen-bond acceptors (Lipinski definition) is 10. The van der Waals surface area contributed by atoms with Crippen molar-refractivity contribution in [3.05, 3.63) is 0 Å². The van der Waals surface area contributed by atoms with E-state index in [-0.39, 0.29) is 6.61 Å². The zero-order valence-corrected chi connectivity index (χ0v) is 11.8. The van der Waals surface area contributed by atoms with E-state index in [0.29, 0.717) is 0 Å². The lowest BCUT2D eigenvalue weighted by Gasteiger charge is -2.41. The molecule has 0 aromatic carbocycles. The molecule has 0 aromatic rings. The molecule has 10 unspecified atom stereocenters. The molecule has 10 atom stereocenters. The van der Waals surface area contributed by atoms with E-state index in [2.05, 4.69) is 0 Å². The summed E-state index contributed by atoms with van der Waals surface area (Å²) in [5, 5.41) is 67.0. The Morgan fingerprint density at radius 1 is 0.727 bits per heavy atom. The Labute approximate surface area is 126 Å². The van der Waals surface area contributed by atoms with Crippen molar-refractivity contribution in [1.82, 2.24) is 0 Å². The Morgan fingerprint density at radius 3 is 1.95 bits per heavy atom. The minimum atomic E-state index is -1.74. The molecule has 0 aliphatic carbocycles. The first-order valence-corrected chi connectivity index (χ1v) is 6.93. The molecule has 2 heterocycles. The van der Waals surface area contributed by atoms with Gasteiger partial charge in [0.1, 0.15) is 42.7 Å². The van der Waals surface area contributed by atoms with Crippen molar-refractivity contribution in [2.75, 3.05) is 6.61 Å². The van der Waals surface area contributed by atoms with Crippen molar-refractivity contribution >= 4 is 0 Å². The van der Waals surface area contributed by atoms with Gasteiger partial charge in [-0.25, -0.2) is 0 Å². The van der Waals surface area contributed by atoms with Crippen molar-refractivity contribution in [2.24, 2.45) is 0 Å². The molecule has 0 aromatic heterocycles. The van der Waals surface area contributed by atoms with Crippen LogP contribution < -0.4 is 0 Å². The van der Waals surface area contributed by atoms with Gasteiger partial charge in [-0.05, 0) is 6.92 Å². The SMILES string of the molecule is CC1OC(COC2OC(O)C(O)C(O)C2O)C(O)C(O)C1O. The van der Waals surface area contributed by atoms with Gasteiger partial charge >= 0.3 is 0 Å². The summed E-state index contributed by atoms with van der Waals surface area (Å²) < 4.78 is 15.2. The molecule has 0 spiro atoms. The van der Waals surface area contributed by atoms with Gasteiger partial charge in [0.25, 0.3) is 0 Å². The number of hydrogen-bond donors (Lipinski definition) is 7. The van der Waals surface area contributed by atoms with Crippen LogP contribution in [0.3, 0.4) is 0 Å². The first kappa shape index (κ1) is 17.9. The van der Waals surface area contributed by atoms with Crippen LogP contribution in [0.25, 0.3) is 0 Å². The fourth-order valence-electron chi connectivity index (χ4n) is 2.43. The molecular weight excluding hydrogens is 304 g/mol. The van der Waals surface area contributed by atoms with E-state index >= 15 is 0 Å². The fraction of sp³-hybridized carbons (Fsp3) is 1.00. The highest BCUT2D eigenvalue weighted by Crippen LogP contribution is 2.24. The second kappa shape index (κ2) is 7.01. The third-order valence-corrected chi connectivity index (χ3v) is 3.92. The van der Waals surface area contributed by atoms with Crippen LogP contribution in [0, 0.1) is 0 Å². The molecule has 2 aliphatic rings. The normalized spacial score (nSPS) is 53.5. The predicted octanol–water partition coefficient (Wildman–Crippen LogP) is -4.37. The summed E-state index contributed by atoms with van der Waals surface area (Å²) in [7, 11) is 0. The van der Waals surface area contributed by atoms with E-state index in [1.807, 2.05) is 0 Å². The van der Waals surface area contributed by atoms with E-state index in [1.165, 1.54) is 6.92 Å². The second-order valence-corrected chi connectivity index (χ2v) is 5.55. The van der Waals surface area contributed by atoms with E-state index in [9.17, 15) is 35.7 Å². The Bertz CT molecular complexity index is 334. The summed E-state index contributed by atoms with van der Waals surface area (Å²) >= 11 is 0. The molecular formula is C12H22O10. The van der Waals surface area contributed by atoms with Gasteiger partial charge in [0.15, 0.2) is 12.6 Å². The molecule has 0 saturated carbocycles. The van der Waals surface area contributed by atoms with Crippen molar-refractivity contribution in [3.63, 3.8) is 0 Å². The van der Waals surface area contributed by atoms with E-state index in [1.54, 1.807) is 0 Å². The number of aliphatic hydroxyl groups is 7. The third kappa shape index (κ3) is 3.41. The van der Waals surface area contributed by atoms with Crippen LogP contribution in [0.4, 0.5) is 0 Å². The third-order valence-electron chi connectivity index (χ3n) is 3.92. The van der Waals surface area contributed by atoms with Gasteiger partial charge in [-0.3, -0.25) is 0 Å². The van der Waals surface area contributed by atoms with E-state index in [4.69, 9.17) is 14.2 Å². The fourth-order valence-corrected chi connectivity index (χ4v) is 2.43. The van der Waals surface area contributed by atoms with Gasteiger partial charge in [0.2, 0.25) is 0 Å². The van der Waals surface area contributed by atoms with Crippen LogP contribution in [0.15, 0.2) is 0 Å². The van der Waals surface area contributed by atoms with Crippen LogP contribution in [-0.2, 0) is 14.2 Å². The monoisotopic (exact) mass is 326 g/mol. The Balaban J connectivity index is 1.92. The summed E-state index contributed by atoms with van der Waals surface area (Å²) in [6.45, 7) is 1.16. The van der Waals surface area contributed by atoms with Crippen LogP contribution >= 0.6 is 0 Å². The summed E-state index contributed by atoms with van der Waals surface area (Å²) in [5.41, 5.74) is 0. The van der Waals surface area contributed by atoms with Crippen LogP contribution in [0.2, 0.25) is 0 Å². The lowest BCUT2D eigenvalue weighted by Crippen LogP contribution is -2.60. The van der Waals surface area contributed by atoms with E-state index < -0.39 is 61.4 Å². The largest absolute Gasteiger partial charge is 0.388 e. The standard InChI is InChI=1S/C12H22O10/c1-3-5(13)7(15)6(14)4(21-3)2-20-12-10(18)8(16)9(17)11(19)22-12/h3-19H,2H2,1H3. The Morgan fingerprint density at radius 2 is 1.32 bits per heavy atom. The quantitative estimate of drug-likeness (QED) is 0.269. The van der Waals surface area contributed by atoms with Gasteiger partial charge in [0.05, 0.1) is 12.7 Å². The zero-order chi connectivity index (χ0) is 16.6. The summed E-state index contributed by atoms with van der Waals surface area (Å²) in [5.74, 6) is 0. The molecule has 2 aliphatic heterocycles. The minimum absolute atomic E-state index is 0.341. The highest BCUT2D eigenvalue weighted by atomic mass is 16.7. The van der Waals surface area contributed by atoms with Crippen molar-refractivity contribution in [3.8, 4) is 0 Å². The predicted molar refractivity (Wildman–Crippen MR) is 67.2 cm³/mol. The topological polar surface area (TPSA) is 169 Å². The lowest BCUT2D eigenvalue weighted by molar-refractivity contribution is -0.347. The van der Waals surface area contributed by atoms with Gasteiger partial charge in [0, 0.05) is 0 Å². The maximum Gasteiger partial charge on any atom is 0.189 e. The Kier molecular flexibility index (Phi) is 5.72. The van der Waals surface area contributed by atoms with Gasteiger partial charge in [-0.1, -0.05) is 0 Å². The van der Waals surface area contributed by atoms with Gasteiger partial charge in [-0.15, -0.1) is 0 Å². The average molecular weight is 326 g/mol. The molecule has 130 valence electrons. The molecule has 2 fully saturated rings. The molecule has 0 radical (unpaired) electrons. The molecule has 2 rings (SSSR count). The molecule has 0 bridgehead atoms. The number of ether oxygens (including phenoxy) is 3. The van der Waals surface area contributed by atoms with Gasteiger partial charge < -0.3 is 50.0 Å². The summed E-state index contributed by atoms with van der Waals surface area (Å²) in [6.07, 6.45) is -14.0. The van der Waals surface area contributed by atoms with E-state index in [0.717, 1.165) is 0 Å². The highest BCUT2D eigenvalue weighted by molar-refractivity contribution is 4.91. The van der Waals surface area contributed by atoms with Gasteiger partial charge in [-0.2, -0.15) is 0 Å². The minimum Gasteiger partial charge on any atom is -0.388 e.